The van der Waals surface area contributed by atoms with Crippen LogP contribution in [0.1, 0.15) is 24.8 Å². The Hall–Kier alpha value is -1.59. The van der Waals surface area contributed by atoms with Crippen molar-refractivity contribution >= 4 is 6.09 Å². The SMILES string of the molecule is NC[C@H](N)CCCCNC(=O)OCc1ccccc1. The minimum Gasteiger partial charge on any atom is -0.445 e. The number of rotatable bonds is 8. The topological polar surface area (TPSA) is 90.4 Å². The van der Waals surface area contributed by atoms with Crippen molar-refractivity contribution in [3.05, 3.63) is 35.9 Å². The molecule has 106 valence electrons. The van der Waals surface area contributed by atoms with E-state index >= 15 is 0 Å². The number of unbranched alkanes of at least 4 members (excludes halogenated alkanes) is 1. The molecule has 1 atom stereocenters. The fraction of sp³-hybridized carbons (Fsp3) is 0.500. The zero-order valence-electron chi connectivity index (χ0n) is 11.2. The molecule has 0 heterocycles. The van der Waals surface area contributed by atoms with Crippen molar-refractivity contribution in [1.82, 2.24) is 5.32 Å². The summed E-state index contributed by atoms with van der Waals surface area (Å²) in [5.74, 6) is 0. The average molecular weight is 265 g/mol. The Morgan fingerprint density at radius 1 is 1.26 bits per heavy atom. The van der Waals surface area contributed by atoms with Crippen molar-refractivity contribution < 1.29 is 9.53 Å². The first-order valence-corrected chi connectivity index (χ1v) is 6.62. The molecule has 5 nitrogen and oxygen atoms in total. The number of carbonyl (C=O) groups is 1. The minimum absolute atomic E-state index is 0.0602. The number of hydrogen-bond donors (Lipinski definition) is 3. The maximum atomic E-state index is 11.4. The molecule has 1 aromatic rings. The van der Waals surface area contributed by atoms with Crippen LogP contribution in [-0.2, 0) is 11.3 Å². The van der Waals surface area contributed by atoms with E-state index < -0.39 is 0 Å². The van der Waals surface area contributed by atoms with Crippen LogP contribution in [0.25, 0.3) is 0 Å². The van der Waals surface area contributed by atoms with Crippen molar-refractivity contribution in [2.24, 2.45) is 11.5 Å². The van der Waals surface area contributed by atoms with E-state index in [1.807, 2.05) is 30.3 Å². The van der Waals surface area contributed by atoms with E-state index in [4.69, 9.17) is 16.2 Å². The molecule has 0 radical (unpaired) electrons. The smallest absolute Gasteiger partial charge is 0.407 e. The summed E-state index contributed by atoms with van der Waals surface area (Å²) < 4.78 is 5.08. The lowest BCUT2D eigenvalue weighted by molar-refractivity contribution is 0.139. The Bertz CT molecular complexity index is 357. The molecular weight excluding hydrogens is 242 g/mol. The Labute approximate surface area is 114 Å². The Balaban J connectivity index is 2.02. The summed E-state index contributed by atoms with van der Waals surface area (Å²) in [7, 11) is 0. The highest BCUT2D eigenvalue weighted by Crippen LogP contribution is 2.01. The third-order valence-electron chi connectivity index (χ3n) is 2.79. The number of nitrogens with one attached hydrogen (secondary N) is 1. The van der Waals surface area contributed by atoms with Gasteiger partial charge in [0.05, 0.1) is 0 Å². The predicted octanol–water partition coefficient (Wildman–Crippen LogP) is 1.37. The maximum Gasteiger partial charge on any atom is 0.407 e. The van der Waals surface area contributed by atoms with Crippen LogP contribution in [0.4, 0.5) is 4.79 Å². The van der Waals surface area contributed by atoms with Crippen LogP contribution in [0.15, 0.2) is 30.3 Å². The first-order valence-electron chi connectivity index (χ1n) is 6.62. The summed E-state index contributed by atoms with van der Waals surface area (Å²) in [5, 5.41) is 2.71. The fourth-order valence-corrected chi connectivity index (χ4v) is 1.61. The molecule has 0 saturated heterocycles. The summed E-state index contributed by atoms with van der Waals surface area (Å²) in [6, 6.07) is 9.65. The Morgan fingerprint density at radius 2 is 2.00 bits per heavy atom. The number of alkyl carbamates (subject to hydrolysis) is 1. The highest BCUT2D eigenvalue weighted by molar-refractivity contribution is 5.67. The van der Waals surface area contributed by atoms with E-state index in [1.165, 1.54) is 0 Å². The van der Waals surface area contributed by atoms with E-state index in [1.54, 1.807) is 0 Å². The average Bonchev–Trinajstić information content (AvgIpc) is 2.45. The zero-order valence-corrected chi connectivity index (χ0v) is 11.2. The van der Waals surface area contributed by atoms with Gasteiger partial charge >= 0.3 is 6.09 Å². The molecule has 0 bridgehead atoms. The van der Waals surface area contributed by atoms with Crippen molar-refractivity contribution in [2.75, 3.05) is 13.1 Å². The summed E-state index contributed by atoms with van der Waals surface area (Å²) in [6.07, 6.45) is 2.34. The van der Waals surface area contributed by atoms with Gasteiger partial charge in [0, 0.05) is 19.1 Å². The number of amides is 1. The van der Waals surface area contributed by atoms with Crippen LogP contribution in [-0.4, -0.2) is 25.2 Å². The van der Waals surface area contributed by atoms with Gasteiger partial charge in [0.15, 0.2) is 0 Å². The van der Waals surface area contributed by atoms with Gasteiger partial charge in [-0.05, 0) is 18.4 Å². The lowest BCUT2D eigenvalue weighted by Crippen LogP contribution is -2.30. The minimum atomic E-state index is -0.382. The fourth-order valence-electron chi connectivity index (χ4n) is 1.61. The number of hydrogen-bond acceptors (Lipinski definition) is 4. The van der Waals surface area contributed by atoms with Gasteiger partial charge in [0.1, 0.15) is 6.61 Å². The van der Waals surface area contributed by atoms with Gasteiger partial charge in [0.2, 0.25) is 0 Å². The number of carbonyl (C=O) groups excluding carboxylic acids is 1. The van der Waals surface area contributed by atoms with Gasteiger partial charge in [-0.2, -0.15) is 0 Å². The van der Waals surface area contributed by atoms with Crippen molar-refractivity contribution in [1.29, 1.82) is 0 Å². The molecule has 1 aromatic carbocycles. The van der Waals surface area contributed by atoms with Gasteiger partial charge < -0.3 is 21.5 Å². The molecule has 5 N–H and O–H groups in total. The van der Waals surface area contributed by atoms with E-state index in [2.05, 4.69) is 5.32 Å². The second kappa shape index (κ2) is 9.35. The number of ether oxygens (including phenoxy) is 1. The third kappa shape index (κ3) is 7.43. The maximum absolute atomic E-state index is 11.4. The second-order valence-electron chi connectivity index (χ2n) is 4.48. The Kier molecular flexibility index (Phi) is 7.62. The van der Waals surface area contributed by atoms with E-state index in [0.717, 1.165) is 24.8 Å². The molecule has 0 fully saturated rings. The quantitative estimate of drug-likeness (QED) is 0.619. The van der Waals surface area contributed by atoms with Gasteiger partial charge in [-0.3, -0.25) is 0 Å². The number of nitrogens with two attached hydrogens (primary N) is 2. The molecule has 1 rings (SSSR count). The van der Waals surface area contributed by atoms with Crippen LogP contribution in [0, 0.1) is 0 Å². The largest absolute Gasteiger partial charge is 0.445 e. The summed E-state index contributed by atoms with van der Waals surface area (Å²) in [4.78, 5) is 11.4. The molecule has 0 aliphatic heterocycles. The van der Waals surface area contributed by atoms with Crippen LogP contribution in [0.3, 0.4) is 0 Å². The summed E-state index contributed by atoms with van der Waals surface area (Å²) in [5.41, 5.74) is 12.1. The van der Waals surface area contributed by atoms with Crippen LogP contribution in [0.2, 0.25) is 0 Å². The lowest BCUT2D eigenvalue weighted by atomic mass is 10.1. The highest BCUT2D eigenvalue weighted by Gasteiger charge is 2.02. The predicted molar refractivity (Wildman–Crippen MR) is 75.5 cm³/mol. The second-order valence-corrected chi connectivity index (χ2v) is 4.48. The van der Waals surface area contributed by atoms with Gasteiger partial charge in [-0.15, -0.1) is 0 Å². The normalized spacial score (nSPS) is 11.9. The first kappa shape index (κ1) is 15.5. The highest BCUT2D eigenvalue weighted by atomic mass is 16.5. The third-order valence-corrected chi connectivity index (χ3v) is 2.79. The molecule has 0 aromatic heterocycles. The summed E-state index contributed by atoms with van der Waals surface area (Å²) >= 11 is 0. The van der Waals surface area contributed by atoms with E-state index in [9.17, 15) is 4.79 Å². The standard InChI is InChI=1S/C14H23N3O2/c15-10-13(16)8-4-5-9-17-14(18)19-11-12-6-2-1-3-7-12/h1-3,6-7,13H,4-5,8-11,15-16H2,(H,17,18)/t13-/m1/s1. The van der Waals surface area contributed by atoms with Crippen molar-refractivity contribution in [3.8, 4) is 0 Å². The van der Waals surface area contributed by atoms with Crippen LogP contribution < -0.4 is 16.8 Å². The molecule has 1 amide bonds. The zero-order chi connectivity index (χ0) is 13.9. The van der Waals surface area contributed by atoms with Crippen LogP contribution in [0.5, 0.6) is 0 Å². The molecule has 5 heteroatoms. The molecular formula is C14H23N3O2. The van der Waals surface area contributed by atoms with Gasteiger partial charge in [-0.1, -0.05) is 36.8 Å². The molecule has 0 spiro atoms. The monoisotopic (exact) mass is 265 g/mol. The van der Waals surface area contributed by atoms with Gasteiger partial charge in [-0.25, -0.2) is 4.79 Å². The number of benzene rings is 1. The lowest BCUT2D eigenvalue weighted by Gasteiger charge is -2.09. The summed E-state index contributed by atoms with van der Waals surface area (Å²) in [6.45, 7) is 1.40. The molecule has 0 aliphatic carbocycles. The van der Waals surface area contributed by atoms with Crippen LogP contribution >= 0.6 is 0 Å². The molecule has 0 aliphatic rings. The van der Waals surface area contributed by atoms with Crippen molar-refractivity contribution in [2.45, 2.75) is 31.9 Å². The molecule has 0 unspecified atom stereocenters. The molecule has 0 saturated carbocycles. The Morgan fingerprint density at radius 3 is 2.68 bits per heavy atom. The van der Waals surface area contributed by atoms with Gasteiger partial charge in [0.25, 0.3) is 0 Å². The van der Waals surface area contributed by atoms with E-state index in [-0.39, 0.29) is 12.1 Å². The van der Waals surface area contributed by atoms with Crippen molar-refractivity contribution in [3.63, 3.8) is 0 Å². The molecule has 19 heavy (non-hydrogen) atoms. The first-order chi connectivity index (χ1) is 9.22. The van der Waals surface area contributed by atoms with E-state index in [0.29, 0.717) is 19.7 Å².